The molecule has 1 unspecified atom stereocenters. The van der Waals surface area contributed by atoms with Gasteiger partial charge in [0.25, 0.3) is 0 Å². The Kier molecular flexibility index (Phi) is 7.91. The number of hydrogen-bond acceptors (Lipinski definition) is 4. The maximum atomic E-state index is 5.52. The summed E-state index contributed by atoms with van der Waals surface area (Å²) in [7, 11) is 3.56. The third-order valence-corrected chi connectivity index (χ3v) is 4.17. The maximum absolute atomic E-state index is 5.52. The average Bonchev–Trinajstić information content (AvgIpc) is 2.42. The van der Waals surface area contributed by atoms with E-state index in [0.29, 0.717) is 6.04 Å². The number of rotatable bonds is 9. The van der Waals surface area contributed by atoms with Gasteiger partial charge in [0.15, 0.2) is 0 Å². The summed E-state index contributed by atoms with van der Waals surface area (Å²) in [5.74, 6) is 0. The number of likely N-dealkylation sites (tertiary alicyclic amines) is 1. The predicted molar refractivity (Wildman–Crippen MR) is 79.7 cm³/mol. The zero-order chi connectivity index (χ0) is 14.1. The number of nitrogens with zero attached hydrogens (tertiary/aromatic N) is 1. The Morgan fingerprint density at radius 2 is 2.05 bits per heavy atom. The molecule has 1 heterocycles. The van der Waals surface area contributed by atoms with Crippen LogP contribution in [0.1, 0.15) is 39.5 Å². The highest BCUT2D eigenvalue weighted by atomic mass is 16.5. The Morgan fingerprint density at radius 3 is 2.74 bits per heavy atom. The van der Waals surface area contributed by atoms with Crippen molar-refractivity contribution in [2.45, 2.75) is 51.2 Å². The van der Waals surface area contributed by atoms with E-state index in [1.54, 1.807) is 14.2 Å². The van der Waals surface area contributed by atoms with Crippen molar-refractivity contribution < 1.29 is 9.47 Å². The van der Waals surface area contributed by atoms with Gasteiger partial charge < -0.3 is 14.8 Å². The molecule has 4 heteroatoms. The minimum absolute atomic E-state index is 0.00846. The number of piperidine rings is 1. The first-order chi connectivity index (χ1) is 9.09. The fourth-order valence-corrected chi connectivity index (χ4v) is 2.54. The van der Waals surface area contributed by atoms with Gasteiger partial charge in [-0.05, 0) is 39.7 Å². The molecule has 1 fully saturated rings. The lowest BCUT2D eigenvalue weighted by molar-refractivity contribution is 0.000931. The molecule has 0 aromatic carbocycles. The van der Waals surface area contributed by atoms with E-state index in [0.717, 1.165) is 32.7 Å². The molecular weight excluding hydrogens is 240 g/mol. The van der Waals surface area contributed by atoms with E-state index in [2.05, 4.69) is 24.1 Å². The standard InChI is InChI=1S/C15H32N2O2/c1-15(2,19-4)8-11-17-10-6-5-7-14(17)13-16-9-12-18-3/h14,16H,5-13H2,1-4H3. The average molecular weight is 272 g/mol. The van der Waals surface area contributed by atoms with Crippen molar-refractivity contribution >= 4 is 0 Å². The van der Waals surface area contributed by atoms with Crippen LogP contribution in [0.5, 0.6) is 0 Å². The van der Waals surface area contributed by atoms with Gasteiger partial charge in [0.1, 0.15) is 0 Å². The molecule has 0 aromatic rings. The highest BCUT2D eigenvalue weighted by molar-refractivity contribution is 4.81. The molecule has 1 aliphatic heterocycles. The molecule has 0 spiro atoms. The largest absolute Gasteiger partial charge is 0.383 e. The Balaban J connectivity index is 2.31. The van der Waals surface area contributed by atoms with Gasteiger partial charge in [-0.2, -0.15) is 0 Å². The van der Waals surface area contributed by atoms with Crippen LogP contribution >= 0.6 is 0 Å². The van der Waals surface area contributed by atoms with E-state index < -0.39 is 0 Å². The third-order valence-electron chi connectivity index (χ3n) is 4.17. The molecule has 1 saturated heterocycles. The van der Waals surface area contributed by atoms with Crippen molar-refractivity contribution in [1.82, 2.24) is 10.2 Å². The van der Waals surface area contributed by atoms with Crippen LogP contribution in [-0.2, 0) is 9.47 Å². The molecule has 1 atom stereocenters. The van der Waals surface area contributed by atoms with E-state index in [9.17, 15) is 0 Å². The maximum Gasteiger partial charge on any atom is 0.0634 e. The lowest BCUT2D eigenvalue weighted by Gasteiger charge is -2.37. The topological polar surface area (TPSA) is 33.7 Å². The molecule has 0 radical (unpaired) electrons. The fraction of sp³-hybridized carbons (Fsp3) is 1.00. The third kappa shape index (κ3) is 6.70. The van der Waals surface area contributed by atoms with Crippen molar-refractivity contribution in [2.24, 2.45) is 0 Å². The van der Waals surface area contributed by atoms with Crippen molar-refractivity contribution in [1.29, 1.82) is 0 Å². The summed E-state index contributed by atoms with van der Waals surface area (Å²) in [6.45, 7) is 9.53. The Bertz CT molecular complexity index is 234. The van der Waals surface area contributed by atoms with Crippen molar-refractivity contribution in [3.8, 4) is 0 Å². The van der Waals surface area contributed by atoms with Gasteiger partial charge in [-0.3, -0.25) is 4.90 Å². The summed E-state index contributed by atoms with van der Waals surface area (Å²) in [5, 5.41) is 3.50. The minimum atomic E-state index is -0.00846. The minimum Gasteiger partial charge on any atom is -0.383 e. The van der Waals surface area contributed by atoms with Gasteiger partial charge in [0.05, 0.1) is 12.2 Å². The molecule has 0 saturated carbocycles. The van der Waals surface area contributed by atoms with E-state index >= 15 is 0 Å². The molecule has 1 N–H and O–H groups in total. The van der Waals surface area contributed by atoms with Crippen molar-refractivity contribution in [3.63, 3.8) is 0 Å². The molecule has 19 heavy (non-hydrogen) atoms. The van der Waals surface area contributed by atoms with E-state index in [4.69, 9.17) is 9.47 Å². The van der Waals surface area contributed by atoms with Crippen LogP contribution in [0.25, 0.3) is 0 Å². The van der Waals surface area contributed by atoms with Gasteiger partial charge >= 0.3 is 0 Å². The Labute approximate surface area is 118 Å². The fourth-order valence-electron chi connectivity index (χ4n) is 2.54. The second-order valence-corrected chi connectivity index (χ2v) is 6.10. The van der Waals surface area contributed by atoms with Gasteiger partial charge in [0, 0.05) is 39.9 Å². The van der Waals surface area contributed by atoms with Crippen LogP contribution in [0.3, 0.4) is 0 Å². The zero-order valence-electron chi connectivity index (χ0n) is 13.2. The summed E-state index contributed by atoms with van der Waals surface area (Å²) in [6.07, 6.45) is 5.11. The molecule has 0 aromatic heterocycles. The van der Waals surface area contributed by atoms with E-state index in [-0.39, 0.29) is 5.60 Å². The molecule has 1 rings (SSSR count). The van der Waals surface area contributed by atoms with E-state index in [1.807, 2.05) is 0 Å². The second kappa shape index (κ2) is 8.90. The lowest BCUT2D eigenvalue weighted by atomic mass is 9.99. The normalized spacial score (nSPS) is 21.8. The first-order valence-corrected chi connectivity index (χ1v) is 7.58. The molecule has 1 aliphatic rings. The van der Waals surface area contributed by atoms with Crippen molar-refractivity contribution in [3.05, 3.63) is 0 Å². The van der Waals surface area contributed by atoms with Gasteiger partial charge in [-0.25, -0.2) is 0 Å². The molecular formula is C15H32N2O2. The summed E-state index contributed by atoms with van der Waals surface area (Å²) < 4.78 is 10.6. The number of ether oxygens (including phenoxy) is 2. The smallest absolute Gasteiger partial charge is 0.0634 e. The Morgan fingerprint density at radius 1 is 1.26 bits per heavy atom. The number of hydrogen-bond donors (Lipinski definition) is 1. The SMILES string of the molecule is COCCNCC1CCCCN1CCC(C)(C)OC. The second-order valence-electron chi connectivity index (χ2n) is 6.10. The number of methoxy groups -OCH3 is 2. The molecule has 0 amide bonds. The lowest BCUT2D eigenvalue weighted by Crippen LogP contribution is -2.47. The first-order valence-electron chi connectivity index (χ1n) is 7.58. The quantitative estimate of drug-likeness (QED) is 0.650. The highest BCUT2D eigenvalue weighted by Gasteiger charge is 2.24. The highest BCUT2D eigenvalue weighted by Crippen LogP contribution is 2.20. The van der Waals surface area contributed by atoms with Crippen LogP contribution in [0, 0.1) is 0 Å². The number of nitrogens with one attached hydrogen (secondary N) is 1. The predicted octanol–water partition coefficient (Wildman–Crippen LogP) is 1.89. The van der Waals surface area contributed by atoms with Crippen LogP contribution in [0.15, 0.2) is 0 Å². The first kappa shape index (κ1) is 16.9. The molecule has 0 bridgehead atoms. The molecule has 114 valence electrons. The van der Waals surface area contributed by atoms with Gasteiger partial charge in [0.2, 0.25) is 0 Å². The van der Waals surface area contributed by atoms with Crippen LogP contribution in [0.2, 0.25) is 0 Å². The van der Waals surface area contributed by atoms with Gasteiger partial charge in [-0.1, -0.05) is 6.42 Å². The van der Waals surface area contributed by atoms with Crippen LogP contribution in [-0.4, -0.2) is 63.5 Å². The summed E-state index contributed by atoms with van der Waals surface area (Å²) in [5.41, 5.74) is -0.00846. The summed E-state index contributed by atoms with van der Waals surface area (Å²) in [4.78, 5) is 2.63. The van der Waals surface area contributed by atoms with Crippen molar-refractivity contribution in [2.75, 3.05) is 47.0 Å². The zero-order valence-corrected chi connectivity index (χ0v) is 13.2. The van der Waals surface area contributed by atoms with Crippen LogP contribution in [0.4, 0.5) is 0 Å². The molecule has 0 aliphatic carbocycles. The monoisotopic (exact) mass is 272 g/mol. The summed E-state index contributed by atoms with van der Waals surface area (Å²) in [6, 6.07) is 0.679. The van der Waals surface area contributed by atoms with E-state index in [1.165, 1.54) is 25.8 Å². The van der Waals surface area contributed by atoms with Gasteiger partial charge in [-0.15, -0.1) is 0 Å². The Hall–Kier alpha value is -0.160. The molecule has 4 nitrogen and oxygen atoms in total. The summed E-state index contributed by atoms with van der Waals surface area (Å²) >= 11 is 0. The van der Waals surface area contributed by atoms with Crippen LogP contribution < -0.4 is 5.32 Å².